The summed E-state index contributed by atoms with van der Waals surface area (Å²) in [5.74, 6) is 1.55. The molecular weight excluding hydrogens is 234 g/mol. The van der Waals surface area contributed by atoms with E-state index in [1.165, 1.54) is 31.5 Å². The second-order valence-electron chi connectivity index (χ2n) is 5.77. The van der Waals surface area contributed by atoms with E-state index >= 15 is 0 Å². The average molecular weight is 259 g/mol. The second kappa shape index (κ2) is 7.44. The van der Waals surface area contributed by atoms with E-state index < -0.39 is 0 Å². The highest BCUT2D eigenvalue weighted by atomic mass is 16.1. The predicted octanol–water partition coefficient (Wildman–Crippen LogP) is 3.53. The Morgan fingerprint density at radius 2 is 1.89 bits per heavy atom. The first-order chi connectivity index (χ1) is 9.27. The molecule has 19 heavy (non-hydrogen) atoms. The van der Waals surface area contributed by atoms with Crippen LogP contribution >= 0.6 is 0 Å². The number of benzene rings is 1. The summed E-state index contributed by atoms with van der Waals surface area (Å²) in [5, 5.41) is 3.27. The fourth-order valence-electron chi connectivity index (χ4n) is 2.82. The van der Waals surface area contributed by atoms with E-state index in [0.717, 1.165) is 25.2 Å². The van der Waals surface area contributed by atoms with Crippen molar-refractivity contribution in [1.29, 1.82) is 0 Å². The lowest BCUT2D eigenvalue weighted by molar-refractivity contribution is -0.121. The molecule has 1 aliphatic heterocycles. The third-order valence-electron chi connectivity index (χ3n) is 4.06. The second-order valence-corrected chi connectivity index (χ2v) is 5.77. The number of nitrogens with one attached hydrogen (secondary N) is 1. The van der Waals surface area contributed by atoms with Gasteiger partial charge in [0, 0.05) is 12.3 Å². The lowest BCUT2D eigenvalue weighted by atomic mass is 9.83. The van der Waals surface area contributed by atoms with Gasteiger partial charge in [-0.1, -0.05) is 43.7 Å². The van der Waals surface area contributed by atoms with E-state index in [2.05, 4.69) is 24.4 Å². The number of hydrogen-bond acceptors (Lipinski definition) is 2. The van der Waals surface area contributed by atoms with Crippen LogP contribution in [0.2, 0.25) is 0 Å². The number of ketones is 1. The molecule has 1 aliphatic carbocycles. The van der Waals surface area contributed by atoms with Crippen LogP contribution in [0.5, 0.6) is 0 Å². The van der Waals surface area contributed by atoms with Crippen molar-refractivity contribution in [3.63, 3.8) is 0 Å². The number of Topliss-reactive ketones (excluding diaryl/α,β-unsaturated/α-hetero) is 1. The summed E-state index contributed by atoms with van der Waals surface area (Å²) in [6.07, 6.45) is 5.48. The molecule has 1 saturated carbocycles. The quantitative estimate of drug-likeness (QED) is 0.836. The van der Waals surface area contributed by atoms with Crippen molar-refractivity contribution in [3.8, 4) is 0 Å². The largest absolute Gasteiger partial charge is 0.316 e. The van der Waals surface area contributed by atoms with Gasteiger partial charge < -0.3 is 5.32 Å². The molecule has 1 heterocycles. The zero-order valence-electron chi connectivity index (χ0n) is 11.9. The van der Waals surface area contributed by atoms with Crippen molar-refractivity contribution in [1.82, 2.24) is 5.32 Å². The van der Waals surface area contributed by atoms with Crippen LogP contribution < -0.4 is 5.32 Å². The topological polar surface area (TPSA) is 29.1 Å². The lowest BCUT2D eigenvalue weighted by Gasteiger charge is -2.20. The van der Waals surface area contributed by atoms with Gasteiger partial charge in [0.1, 0.15) is 5.78 Å². The Morgan fingerprint density at radius 1 is 1.11 bits per heavy atom. The van der Waals surface area contributed by atoms with E-state index in [-0.39, 0.29) is 5.92 Å². The highest BCUT2D eigenvalue weighted by Gasteiger charge is 2.22. The SMILES string of the molecule is CC1CCNC1.O=C1CCCCC1c1ccccc1. The molecule has 1 aromatic rings. The van der Waals surface area contributed by atoms with E-state index in [4.69, 9.17) is 0 Å². The molecule has 1 saturated heterocycles. The van der Waals surface area contributed by atoms with Crippen LogP contribution in [-0.4, -0.2) is 18.9 Å². The summed E-state index contributed by atoms with van der Waals surface area (Å²) >= 11 is 0. The molecule has 2 atom stereocenters. The van der Waals surface area contributed by atoms with Gasteiger partial charge in [0.2, 0.25) is 0 Å². The molecule has 104 valence electrons. The maximum absolute atomic E-state index is 11.6. The molecule has 1 N–H and O–H groups in total. The molecule has 2 nitrogen and oxygen atoms in total. The Balaban J connectivity index is 0.000000186. The number of carbonyl (C=O) groups excluding carboxylic acids is 1. The third-order valence-corrected chi connectivity index (χ3v) is 4.06. The minimum Gasteiger partial charge on any atom is -0.316 e. The normalized spacial score (nSPS) is 26.7. The van der Waals surface area contributed by atoms with Gasteiger partial charge in [-0.15, -0.1) is 0 Å². The summed E-state index contributed by atoms with van der Waals surface area (Å²) in [4.78, 5) is 11.6. The monoisotopic (exact) mass is 259 g/mol. The van der Waals surface area contributed by atoms with Crippen LogP contribution in [0.3, 0.4) is 0 Å². The van der Waals surface area contributed by atoms with Gasteiger partial charge in [0.05, 0.1) is 0 Å². The van der Waals surface area contributed by atoms with Crippen LogP contribution in [0.1, 0.15) is 50.5 Å². The molecule has 0 spiro atoms. The fraction of sp³-hybridized carbons (Fsp3) is 0.588. The van der Waals surface area contributed by atoms with Gasteiger partial charge in [-0.05, 0) is 43.8 Å². The highest BCUT2D eigenvalue weighted by Crippen LogP contribution is 2.29. The van der Waals surface area contributed by atoms with Gasteiger partial charge in [0.25, 0.3) is 0 Å². The summed E-state index contributed by atoms with van der Waals surface area (Å²) in [6.45, 7) is 4.75. The summed E-state index contributed by atoms with van der Waals surface area (Å²) in [6, 6.07) is 10.1. The van der Waals surface area contributed by atoms with Crippen molar-refractivity contribution in [2.24, 2.45) is 5.92 Å². The maximum atomic E-state index is 11.6. The minimum atomic E-state index is 0.190. The minimum absolute atomic E-state index is 0.190. The summed E-state index contributed by atoms with van der Waals surface area (Å²) in [7, 11) is 0. The standard InChI is InChI=1S/C12H14O.C5H11N/c13-12-9-5-4-8-11(12)10-6-2-1-3-7-10;1-5-2-3-6-4-5/h1-3,6-7,11H,4-5,8-9H2;5-6H,2-4H2,1H3. The van der Waals surface area contributed by atoms with Crippen LogP contribution in [0.15, 0.2) is 30.3 Å². The molecule has 0 aromatic heterocycles. The predicted molar refractivity (Wildman–Crippen MR) is 79.3 cm³/mol. The summed E-state index contributed by atoms with van der Waals surface area (Å²) in [5.41, 5.74) is 1.20. The molecule has 2 unspecified atom stereocenters. The first kappa shape index (κ1) is 14.3. The molecule has 2 heteroatoms. The number of carbonyl (C=O) groups is 1. The molecule has 1 aromatic carbocycles. The van der Waals surface area contributed by atoms with Gasteiger partial charge in [-0.2, -0.15) is 0 Å². The molecule has 2 fully saturated rings. The smallest absolute Gasteiger partial charge is 0.140 e. The zero-order chi connectivity index (χ0) is 13.5. The molecule has 3 rings (SSSR count). The third kappa shape index (κ3) is 4.46. The van der Waals surface area contributed by atoms with Gasteiger partial charge in [-0.3, -0.25) is 4.79 Å². The number of rotatable bonds is 1. The number of hydrogen-bond donors (Lipinski definition) is 1. The van der Waals surface area contributed by atoms with Crippen molar-refractivity contribution < 1.29 is 4.79 Å². The molecule has 0 bridgehead atoms. The van der Waals surface area contributed by atoms with Crippen molar-refractivity contribution in [3.05, 3.63) is 35.9 Å². The maximum Gasteiger partial charge on any atom is 0.140 e. The fourth-order valence-corrected chi connectivity index (χ4v) is 2.82. The van der Waals surface area contributed by atoms with Gasteiger partial charge in [-0.25, -0.2) is 0 Å². The molecule has 0 amide bonds. The van der Waals surface area contributed by atoms with E-state index in [1.807, 2.05) is 18.2 Å². The molecule has 2 aliphatic rings. The Kier molecular flexibility index (Phi) is 5.59. The van der Waals surface area contributed by atoms with Gasteiger partial charge in [0.15, 0.2) is 0 Å². The molecule has 0 radical (unpaired) electrons. The van der Waals surface area contributed by atoms with E-state index in [0.29, 0.717) is 5.78 Å². The van der Waals surface area contributed by atoms with Crippen LogP contribution in [-0.2, 0) is 4.79 Å². The first-order valence-corrected chi connectivity index (χ1v) is 7.55. The highest BCUT2D eigenvalue weighted by molar-refractivity contribution is 5.86. The first-order valence-electron chi connectivity index (χ1n) is 7.55. The van der Waals surface area contributed by atoms with Crippen molar-refractivity contribution >= 4 is 5.78 Å². The van der Waals surface area contributed by atoms with Crippen molar-refractivity contribution in [2.45, 2.75) is 44.9 Å². The Morgan fingerprint density at radius 3 is 2.42 bits per heavy atom. The van der Waals surface area contributed by atoms with Crippen LogP contribution in [0.25, 0.3) is 0 Å². The Bertz CT molecular complexity index is 382. The van der Waals surface area contributed by atoms with Gasteiger partial charge >= 0.3 is 0 Å². The van der Waals surface area contributed by atoms with Crippen LogP contribution in [0.4, 0.5) is 0 Å². The van der Waals surface area contributed by atoms with E-state index in [9.17, 15) is 4.79 Å². The molecular formula is C17H25NO. The van der Waals surface area contributed by atoms with E-state index in [1.54, 1.807) is 0 Å². The Hall–Kier alpha value is -1.15. The lowest BCUT2D eigenvalue weighted by Crippen LogP contribution is -2.16. The van der Waals surface area contributed by atoms with Crippen molar-refractivity contribution in [2.75, 3.05) is 13.1 Å². The Labute approximate surface area is 116 Å². The zero-order valence-corrected chi connectivity index (χ0v) is 11.9. The average Bonchev–Trinajstić information content (AvgIpc) is 2.92. The summed E-state index contributed by atoms with van der Waals surface area (Å²) < 4.78 is 0. The van der Waals surface area contributed by atoms with Crippen LogP contribution in [0, 0.1) is 5.92 Å².